The average Bonchev–Trinajstić information content (AvgIpc) is 3.56. The largest absolute Gasteiger partial charge is 0.469 e. The number of carbonyl (C=O) groups is 1. The van der Waals surface area contributed by atoms with Crippen molar-refractivity contribution >= 4 is 5.97 Å². The van der Waals surface area contributed by atoms with Crippen LogP contribution in [0.1, 0.15) is 72.6 Å². The lowest BCUT2D eigenvalue weighted by molar-refractivity contribution is -0.344. The van der Waals surface area contributed by atoms with Crippen LogP contribution in [0.2, 0.25) is 0 Å². The van der Waals surface area contributed by atoms with Crippen LogP contribution in [-0.2, 0) is 47.4 Å². The molecule has 0 amide bonds. The van der Waals surface area contributed by atoms with E-state index >= 15 is 0 Å². The number of allylic oxidation sites excluding steroid dienone is 1. The number of aliphatic hydroxyl groups is 2. The Balaban J connectivity index is 1.01. The molecule has 12 nitrogen and oxygen atoms in total. The molecule has 7 aliphatic rings. The van der Waals surface area contributed by atoms with Crippen molar-refractivity contribution in [3.8, 4) is 0 Å². The van der Waals surface area contributed by atoms with E-state index in [1.165, 1.54) is 18.3 Å². The Morgan fingerprint density at radius 3 is 2.55 bits per heavy atom. The van der Waals surface area contributed by atoms with Gasteiger partial charge in [-0.1, -0.05) is 18.6 Å². The minimum absolute atomic E-state index is 0.0601. The van der Waals surface area contributed by atoms with Crippen LogP contribution in [0.3, 0.4) is 0 Å². The lowest BCUT2D eigenvalue weighted by atomic mass is 9.55. The van der Waals surface area contributed by atoms with Crippen LogP contribution in [0, 0.1) is 23.2 Å². The summed E-state index contributed by atoms with van der Waals surface area (Å²) in [6.07, 6.45) is 2.49. The monoisotopic (exact) mass is 664 g/mol. The summed E-state index contributed by atoms with van der Waals surface area (Å²) in [6.45, 7) is 8.24. The molecule has 12 heteroatoms. The minimum Gasteiger partial charge on any atom is -0.469 e. The molecule has 2 aliphatic carbocycles. The van der Waals surface area contributed by atoms with Gasteiger partial charge in [0.05, 0.1) is 49.1 Å². The third-order valence-electron chi connectivity index (χ3n) is 12.3. The molecule has 5 aliphatic heterocycles. The third-order valence-corrected chi connectivity index (χ3v) is 12.3. The van der Waals surface area contributed by atoms with Crippen LogP contribution in [0.25, 0.3) is 0 Å². The summed E-state index contributed by atoms with van der Waals surface area (Å²) in [5, 5.41) is 21.8. The van der Waals surface area contributed by atoms with Gasteiger partial charge in [0.2, 0.25) is 5.79 Å². The Hall–Kier alpha value is -1.61. The second kappa shape index (κ2) is 12.9. The van der Waals surface area contributed by atoms with E-state index in [4.69, 9.17) is 42.6 Å². The van der Waals surface area contributed by atoms with E-state index in [1.54, 1.807) is 14.0 Å². The summed E-state index contributed by atoms with van der Waals surface area (Å²) in [6, 6.07) is 0. The molecule has 1 saturated carbocycles. The third kappa shape index (κ3) is 5.89. The van der Waals surface area contributed by atoms with Gasteiger partial charge in [-0.15, -0.1) is 0 Å². The Kier molecular flexibility index (Phi) is 9.32. The molecule has 264 valence electrons. The second-order valence-electron chi connectivity index (χ2n) is 15.0. The van der Waals surface area contributed by atoms with E-state index < -0.39 is 61.1 Å². The fraction of sp³-hybridized carbons (Fsp3) is 0.857. The molecule has 5 fully saturated rings. The number of ether oxygens (including phenoxy) is 9. The van der Waals surface area contributed by atoms with Gasteiger partial charge in [-0.2, -0.15) is 0 Å². The number of fused-ring (bicyclic) bond motifs is 3. The number of rotatable bonds is 6. The summed E-state index contributed by atoms with van der Waals surface area (Å²) in [5.74, 6) is -1.01. The zero-order chi connectivity index (χ0) is 33.2. The van der Waals surface area contributed by atoms with Crippen molar-refractivity contribution in [2.75, 3.05) is 20.8 Å². The molecular formula is C35H52O12. The first-order chi connectivity index (χ1) is 22.5. The number of methoxy groups -OCH3 is 2. The van der Waals surface area contributed by atoms with Gasteiger partial charge in [-0.25, -0.2) is 0 Å². The first-order valence-corrected chi connectivity index (χ1v) is 17.4. The van der Waals surface area contributed by atoms with Crippen LogP contribution < -0.4 is 0 Å². The normalized spacial score (nSPS) is 51.2. The van der Waals surface area contributed by atoms with E-state index in [2.05, 4.69) is 13.0 Å². The quantitative estimate of drug-likeness (QED) is 0.319. The summed E-state index contributed by atoms with van der Waals surface area (Å²) >= 11 is 0. The number of hydrogen-bond acceptors (Lipinski definition) is 12. The summed E-state index contributed by atoms with van der Waals surface area (Å²) in [5.41, 5.74) is 2.31. The fourth-order valence-electron chi connectivity index (χ4n) is 9.57. The van der Waals surface area contributed by atoms with E-state index in [-0.39, 0.29) is 41.3 Å². The van der Waals surface area contributed by atoms with Crippen molar-refractivity contribution in [3.05, 3.63) is 23.5 Å². The van der Waals surface area contributed by atoms with Crippen molar-refractivity contribution in [1.29, 1.82) is 0 Å². The molecule has 0 aromatic heterocycles. The highest BCUT2D eigenvalue weighted by Gasteiger charge is 2.58. The number of hydrogen-bond donors (Lipinski definition) is 2. The molecule has 0 aromatic carbocycles. The zero-order valence-corrected chi connectivity index (χ0v) is 28.4. The predicted molar refractivity (Wildman–Crippen MR) is 164 cm³/mol. The Morgan fingerprint density at radius 2 is 1.79 bits per heavy atom. The molecule has 2 N–H and O–H groups in total. The average molecular weight is 665 g/mol. The highest BCUT2D eigenvalue weighted by Crippen LogP contribution is 2.57. The summed E-state index contributed by atoms with van der Waals surface area (Å²) < 4.78 is 54.2. The van der Waals surface area contributed by atoms with Gasteiger partial charge >= 0.3 is 5.97 Å². The first kappa shape index (κ1) is 33.9. The summed E-state index contributed by atoms with van der Waals surface area (Å²) in [7, 11) is 3.09. The molecule has 4 saturated heterocycles. The molecule has 0 radical (unpaired) electrons. The van der Waals surface area contributed by atoms with Gasteiger partial charge in [0, 0.05) is 27.6 Å². The van der Waals surface area contributed by atoms with Crippen molar-refractivity contribution in [1.82, 2.24) is 0 Å². The van der Waals surface area contributed by atoms with E-state index in [0.29, 0.717) is 25.9 Å². The van der Waals surface area contributed by atoms with Crippen LogP contribution >= 0.6 is 0 Å². The van der Waals surface area contributed by atoms with Gasteiger partial charge in [0.1, 0.15) is 30.5 Å². The minimum atomic E-state index is -1.09. The Labute approximate surface area is 276 Å². The molecule has 6 unspecified atom stereocenters. The zero-order valence-electron chi connectivity index (χ0n) is 28.4. The first-order valence-electron chi connectivity index (χ1n) is 17.4. The van der Waals surface area contributed by atoms with Crippen LogP contribution in [0.15, 0.2) is 23.5 Å². The summed E-state index contributed by atoms with van der Waals surface area (Å²) in [4.78, 5) is 13.6. The van der Waals surface area contributed by atoms with Crippen molar-refractivity contribution in [3.63, 3.8) is 0 Å². The van der Waals surface area contributed by atoms with Gasteiger partial charge in [0.25, 0.3) is 0 Å². The van der Waals surface area contributed by atoms with E-state index in [9.17, 15) is 15.0 Å². The predicted octanol–water partition coefficient (Wildman–Crippen LogP) is 3.12. The van der Waals surface area contributed by atoms with Crippen molar-refractivity contribution in [2.24, 2.45) is 23.2 Å². The number of carbonyl (C=O) groups excluding carboxylic acids is 1. The molecular weight excluding hydrogens is 612 g/mol. The van der Waals surface area contributed by atoms with Gasteiger partial charge in [0.15, 0.2) is 12.6 Å². The molecule has 0 spiro atoms. The topological polar surface area (TPSA) is 141 Å². The fourth-order valence-corrected chi connectivity index (χ4v) is 9.57. The van der Waals surface area contributed by atoms with Crippen molar-refractivity contribution < 1.29 is 57.6 Å². The number of aliphatic hydroxyl groups excluding tert-OH is 2. The maximum atomic E-state index is 13.6. The number of esters is 1. The molecule has 5 heterocycles. The van der Waals surface area contributed by atoms with Gasteiger partial charge in [-0.3, -0.25) is 4.79 Å². The molecule has 7 rings (SSSR count). The standard InChI is InChI=1S/C35H52O12/c1-17-28(36)24(39-5)14-26(43-17)47-30-18(2)44-33(29(37)31(30)40-6)45-21-11-12-34(3)20(13-21)8-9-22-23(34)10-7-19-15-41-35(4)27(19)25(16-42-35)46-32(22)38/h8,15,17-18,21-31,33,36-37H,7,9-14,16H2,1-6H3/t17-,18+,21?,22?,23?,24-,25?,26-,27?,28-,29+,30+,31+,33-,34?,35-/m0/s1. The van der Waals surface area contributed by atoms with Crippen LogP contribution in [0.5, 0.6) is 0 Å². The van der Waals surface area contributed by atoms with Gasteiger partial charge < -0.3 is 52.8 Å². The van der Waals surface area contributed by atoms with Crippen LogP contribution in [-0.4, -0.2) is 110 Å². The van der Waals surface area contributed by atoms with Gasteiger partial charge in [-0.05, 0) is 69.3 Å². The highest BCUT2D eigenvalue weighted by molar-refractivity contribution is 5.74. The molecule has 0 bridgehead atoms. The Bertz CT molecular complexity index is 1240. The SMILES string of the molecule is CO[C@@H]1[C@@H](O)[C@H](OC2CCC3(C)C(=CCC4C(=O)OC5CO[C@]6(C)OC=C(CCC43)C56)C2)O[C@H](C)[C@H]1O[C@H]1C[C@H](OC)[C@@H](O)[C@H](C)O1. The maximum absolute atomic E-state index is 13.6. The molecule has 0 aromatic rings. The highest BCUT2D eigenvalue weighted by atomic mass is 16.7. The van der Waals surface area contributed by atoms with E-state index in [1.807, 2.05) is 20.1 Å². The Morgan fingerprint density at radius 1 is 0.979 bits per heavy atom. The lowest BCUT2D eigenvalue weighted by Crippen LogP contribution is -2.61. The van der Waals surface area contributed by atoms with Crippen LogP contribution in [0.4, 0.5) is 0 Å². The lowest BCUT2D eigenvalue weighted by Gasteiger charge is -2.51. The molecule has 47 heavy (non-hydrogen) atoms. The van der Waals surface area contributed by atoms with Crippen molar-refractivity contribution in [2.45, 2.75) is 146 Å². The molecule has 16 atom stereocenters. The smallest absolute Gasteiger partial charge is 0.309 e. The van der Waals surface area contributed by atoms with E-state index in [0.717, 1.165) is 25.7 Å². The second-order valence-corrected chi connectivity index (χ2v) is 15.0. The maximum Gasteiger partial charge on any atom is 0.309 e.